The number of nitrogens with one attached hydrogen (secondary N) is 1. The van der Waals surface area contributed by atoms with E-state index in [9.17, 15) is 14.0 Å². The predicted octanol–water partition coefficient (Wildman–Crippen LogP) is 2.33. The van der Waals surface area contributed by atoms with Gasteiger partial charge >= 0.3 is 0 Å². The Labute approximate surface area is 185 Å². The molecule has 0 spiro atoms. The number of nitrogens with zero attached hydrogens (tertiary/aromatic N) is 5. The number of halogens is 1. The quantitative estimate of drug-likeness (QED) is 0.640. The molecule has 1 aliphatic heterocycles. The number of amides is 2. The molecule has 0 saturated carbocycles. The number of tetrazole rings is 1. The monoisotopic (exact) mass is 436 g/mol. The van der Waals surface area contributed by atoms with Gasteiger partial charge in [0.25, 0.3) is 5.91 Å². The van der Waals surface area contributed by atoms with Crippen LogP contribution >= 0.6 is 0 Å². The van der Waals surface area contributed by atoms with E-state index in [1.165, 1.54) is 16.8 Å². The topological polar surface area (TPSA) is 93.0 Å². The van der Waals surface area contributed by atoms with E-state index in [0.717, 1.165) is 5.56 Å². The number of likely N-dealkylation sites (tertiary alicyclic amines) is 1. The molecule has 1 aliphatic rings. The van der Waals surface area contributed by atoms with Crippen molar-refractivity contribution in [2.24, 2.45) is 0 Å². The molecule has 8 nitrogen and oxygen atoms in total. The molecule has 166 valence electrons. The third-order valence-corrected chi connectivity index (χ3v) is 5.75. The van der Waals surface area contributed by atoms with Crippen molar-refractivity contribution in [1.82, 2.24) is 30.4 Å². The molecule has 1 aromatic heterocycles. The van der Waals surface area contributed by atoms with Crippen LogP contribution in [0.4, 0.5) is 4.39 Å². The Kier molecular flexibility index (Phi) is 6.53. The van der Waals surface area contributed by atoms with Gasteiger partial charge in [0.05, 0.1) is 0 Å². The van der Waals surface area contributed by atoms with E-state index in [1.54, 1.807) is 19.1 Å². The van der Waals surface area contributed by atoms with E-state index in [0.29, 0.717) is 43.7 Å². The van der Waals surface area contributed by atoms with E-state index in [4.69, 9.17) is 0 Å². The number of benzene rings is 2. The number of aryl methyl sites for hydroxylation is 1. The highest BCUT2D eigenvalue weighted by Gasteiger charge is 2.29. The van der Waals surface area contributed by atoms with Crippen LogP contribution in [0, 0.1) is 12.7 Å². The van der Waals surface area contributed by atoms with Crippen LogP contribution in [0.15, 0.2) is 54.6 Å². The fourth-order valence-corrected chi connectivity index (χ4v) is 3.95. The number of piperidine rings is 1. The Morgan fingerprint density at radius 1 is 1.09 bits per heavy atom. The van der Waals surface area contributed by atoms with E-state index < -0.39 is 6.04 Å². The van der Waals surface area contributed by atoms with Gasteiger partial charge in [-0.25, -0.2) is 9.07 Å². The lowest BCUT2D eigenvalue weighted by atomic mass is 10.0. The first-order valence-corrected chi connectivity index (χ1v) is 10.6. The summed E-state index contributed by atoms with van der Waals surface area (Å²) < 4.78 is 14.8. The first kappa shape index (κ1) is 21.6. The summed E-state index contributed by atoms with van der Waals surface area (Å²) >= 11 is 0. The lowest BCUT2D eigenvalue weighted by Crippen LogP contribution is -2.48. The van der Waals surface area contributed by atoms with Crippen molar-refractivity contribution in [2.45, 2.75) is 38.3 Å². The van der Waals surface area contributed by atoms with Gasteiger partial charge in [-0.3, -0.25) is 9.59 Å². The van der Waals surface area contributed by atoms with Gasteiger partial charge < -0.3 is 10.2 Å². The predicted molar refractivity (Wildman–Crippen MR) is 115 cm³/mol. The molecule has 1 saturated heterocycles. The van der Waals surface area contributed by atoms with Gasteiger partial charge in [0.2, 0.25) is 5.91 Å². The average molecular weight is 436 g/mol. The first-order valence-electron chi connectivity index (χ1n) is 10.6. The number of hydrogen-bond acceptors (Lipinski definition) is 5. The third-order valence-electron chi connectivity index (χ3n) is 5.75. The molecule has 4 rings (SSSR count). The molecule has 1 atom stereocenters. The zero-order valence-electron chi connectivity index (χ0n) is 17.8. The van der Waals surface area contributed by atoms with E-state index in [-0.39, 0.29) is 23.7 Å². The Bertz CT molecular complexity index is 1060. The molecule has 9 heteroatoms. The molecule has 32 heavy (non-hydrogen) atoms. The summed E-state index contributed by atoms with van der Waals surface area (Å²) in [6.07, 6.45) is 1.67. The summed E-state index contributed by atoms with van der Waals surface area (Å²) in [7, 11) is 0. The van der Waals surface area contributed by atoms with Gasteiger partial charge in [0.1, 0.15) is 17.7 Å². The van der Waals surface area contributed by atoms with Crippen molar-refractivity contribution in [2.75, 3.05) is 13.1 Å². The highest BCUT2D eigenvalue weighted by Crippen LogP contribution is 2.19. The maximum absolute atomic E-state index is 13.3. The van der Waals surface area contributed by atoms with Crippen LogP contribution in [-0.2, 0) is 11.2 Å². The second-order valence-corrected chi connectivity index (χ2v) is 7.96. The molecule has 2 aromatic carbocycles. The number of aromatic nitrogens is 4. The average Bonchev–Trinajstić information content (AvgIpc) is 3.24. The fraction of sp³-hybridized carbons (Fsp3) is 0.348. The molecule has 0 bridgehead atoms. The molecule has 0 radical (unpaired) electrons. The van der Waals surface area contributed by atoms with Gasteiger partial charge in [-0.1, -0.05) is 30.3 Å². The van der Waals surface area contributed by atoms with Crippen molar-refractivity contribution >= 4 is 11.8 Å². The zero-order chi connectivity index (χ0) is 22.5. The molecular formula is C23H25FN6O2. The second kappa shape index (κ2) is 9.67. The number of rotatable bonds is 6. The van der Waals surface area contributed by atoms with Gasteiger partial charge in [-0.15, -0.1) is 5.10 Å². The molecule has 1 unspecified atom stereocenters. The van der Waals surface area contributed by atoms with E-state index in [1.807, 2.05) is 35.2 Å². The highest BCUT2D eigenvalue weighted by atomic mass is 19.1. The Hall–Kier alpha value is -3.62. The van der Waals surface area contributed by atoms with Crippen molar-refractivity contribution in [3.8, 4) is 0 Å². The lowest BCUT2D eigenvalue weighted by molar-refractivity contribution is -0.125. The summed E-state index contributed by atoms with van der Waals surface area (Å²) in [5, 5.41) is 14.6. The largest absolute Gasteiger partial charge is 0.351 e. The molecule has 1 fully saturated rings. The second-order valence-electron chi connectivity index (χ2n) is 7.96. The standard InChI is InChI=1S/C23H25FN6O2/c1-16-26-27-28-30(16)21(15-17-7-9-19(24)10-8-17)22(31)25-20-11-13-29(14-12-20)23(32)18-5-3-2-4-6-18/h2-10,20-21H,11-15H2,1H3,(H,25,31). The molecule has 2 amide bonds. The van der Waals surface area contributed by atoms with Crippen LogP contribution in [-0.4, -0.2) is 56.1 Å². The highest BCUT2D eigenvalue weighted by molar-refractivity contribution is 5.94. The van der Waals surface area contributed by atoms with Crippen molar-refractivity contribution in [3.63, 3.8) is 0 Å². The summed E-state index contributed by atoms with van der Waals surface area (Å²) in [6.45, 7) is 2.88. The van der Waals surface area contributed by atoms with Crippen molar-refractivity contribution in [3.05, 3.63) is 77.4 Å². The molecule has 1 N–H and O–H groups in total. The molecule has 0 aliphatic carbocycles. The van der Waals surface area contributed by atoms with Crippen LogP contribution in [0.1, 0.15) is 40.6 Å². The van der Waals surface area contributed by atoms with Gasteiger partial charge in [0.15, 0.2) is 0 Å². The maximum atomic E-state index is 13.3. The van der Waals surface area contributed by atoms with E-state index in [2.05, 4.69) is 20.8 Å². The Balaban J connectivity index is 1.40. The van der Waals surface area contributed by atoms with Crippen LogP contribution < -0.4 is 5.32 Å². The SMILES string of the molecule is Cc1nnnn1C(Cc1ccc(F)cc1)C(=O)NC1CCN(C(=O)c2ccccc2)CC1. The smallest absolute Gasteiger partial charge is 0.253 e. The van der Waals surface area contributed by atoms with Gasteiger partial charge in [-0.2, -0.15) is 0 Å². The zero-order valence-corrected chi connectivity index (χ0v) is 17.8. The fourth-order valence-electron chi connectivity index (χ4n) is 3.95. The van der Waals surface area contributed by atoms with Gasteiger partial charge in [0, 0.05) is 31.1 Å². The van der Waals surface area contributed by atoms with Crippen molar-refractivity contribution < 1.29 is 14.0 Å². The van der Waals surface area contributed by atoms with E-state index >= 15 is 0 Å². The normalized spacial score (nSPS) is 15.4. The van der Waals surface area contributed by atoms with Crippen LogP contribution in [0.2, 0.25) is 0 Å². The minimum absolute atomic E-state index is 0.00822. The number of carbonyl (C=O) groups excluding carboxylic acids is 2. The van der Waals surface area contributed by atoms with Crippen LogP contribution in [0.25, 0.3) is 0 Å². The Morgan fingerprint density at radius 2 is 1.78 bits per heavy atom. The molecule has 3 aromatic rings. The van der Waals surface area contributed by atoms with Crippen molar-refractivity contribution in [1.29, 1.82) is 0 Å². The maximum Gasteiger partial charge on any atom is 0.253 e. The van der Waals surface area contributed by atoms with Gasteiger partial charge in [-0.05, 0) is 60.0 Å². The summed E-state index contributed by atoms with van der Waals surface area (Å²) in [5.74, 6) is 0.00661. The lowest BCUT2D eigenvalue weighted by Gasteiger charge is -2.33. The van der Waals surface area contributed by atoms with Crippen LogP contribution in [0.5, 0.6) is 0 Å². The first-order chi connectivity index (χ1) is 15.5. The third kappa shape index (κ3) is 4.99. The minimum Gasteiger partial charge on any atom is -0.351 e. The summed E-state index contributed by atoms with van der Waals surface area (Å²) in [6, 6.07) is 14.6. The minimum atomic E-state index is -0.653. The summed E-state index contributed by atoms with van der Waals surface area (Å²) in [5.41, 5.74) is 1.48. The Morgan fingerprint density at radius 3 is 2.41 bits per heavy atom. The molecule has 2 heterocycles. The number of carbonyl (C=O) groups is 2. The molecular weight excluding hydrogens is 411 g/mol. The summed E-state index contributed by atoms with van der Waals surface area (Å²) in [4.78, 5) is 27.7. The number of hydrogen-bond donors (Lipinski definition) is 1. The van der Waals surface area contributed by atoms with Crippen LogP contribution in [0.3, 0.4) is 0 Å².